The molecule has 1 aromatic carbocycles. The van der Waals surface area contributed by atoms with E-state index in [0.717, 1.165) is 37.0 Å². The summed E-state index contributed by atoms with van der Waals surface area (Å²) in [6.07, 6.45) is 1.18. The molecule has 0 spiro atoms. The van der Waals surface area contributed by atoms with Crippen molar-refractivity contribution in [3.8, 4) is 0 Å². The number of likely N-dealkylation sites (tertiary alicyclic amines) is 1. The fourth-order valence-corrected chi connectivity index (χ4v) is 3.22. The summed E-state index contributed by atoms with van der Waals surface area (Å²) in [5.74, 6) is 1.59. The first-order valence-corrected chi connectivity index (χ1v) is 8.77. The van der Waals surface area contributed by atoms with Gasteiger partial charge in [0.25, 0.3) is 0 Å². The van der Waals surface area contributed by atoms with E-state index >= 15 is 0 Å². The average Bonchev–Trinajstić information content (AvgIpc) is 3.09. The Kier molecular flexibility index (Phi) is 5.47. The third-order valence-corrected chi connectivity index (χ3v) is 4.43. The SMILES string of the molecule is CCNC(=NCc1cccc(C)n1)N1CCC(c2ccccc2)C1. The van der Waals surface area contributed by atoms with Gasteiger partial charge in [0.15, 0.2) is 5.96 Å². The number of nitrogens with zero attached hydrogens (tertiary/aromatic N) is 3. The molecule has 2 heterocycles. The number of aromatic nitrogens is 1. The second-order valence-electron chi connectivity index (χ2n) is 6.28. The van der Waals surface area contributed by atoms with Gasteiger partial charge >= 0.3 is 0 Å². The van der Waals surface area contributed by atoms with Crippen molar-refractivity contribution in [2.24, 2.45) is 4.99 Å². The molecule has 1 N–H and O–H groups in total. The van der Waals surface area contributed by atoms with E-state index in [2.05, 4.69) is 52.5 Å². The minimum atomic E-state index is 0.590. The fourth-order valence-electron chi connectivity index (χ4n) is 3.22. The van der Waals surface area contributed by atoms with Gasteiger partial charge in [0.1, 0.15) is 0 Å². The molecule has 1 atom stereocenters. The molecule has 1 saturated heterocycles. The van der Waals surface area contributed by atoms with E-state index in [-0.39, 0.29) is 0 Å². The molecule has 1 aromatic heterocycles. The van der Waals surface area contributed by atoms with Crippen LogP contribution in [0.15, 0.2) is 53.5 Å². The van der Waals surface area contributed by atoms with Gasteiger partial charge in [0.2, 0.25) is 0 Å². The average molecular weight is 322 g/mol. The van der Waals surface area contributed by atoms with Crippen LogP contribution in [0.1, 0.15) is 36.2 Å². The monoisotopic (exact) mass is 322 g/mol. The highest BCUT2D eigenvalue weighted by atomic mass is 15.3. The molecule has 0 saturated carbocycles. The minimum absolute atomic E-state index is 0.590. The van der Waals surface area contributed by atoms with E-state index in [4.69, 9.17) is 4.99 Å². The molecule has 1 aliphatic rings. The number of guanidine groups is 1. The Bertz CT molecular complexity index is 681. The molecular formula is C20H26N4. The number of benzene rings is 1. The lowest BCUT2D eigenvalue weighted by Gasteiger charge is -2.21. The normalized spacial score (nSPS) is 18.0. The Hall–Kier alpha value is -2.36. The Morgan fingerprint density at radius 1 is 1.21 bits per heavy atom. The lowest BCUT2D eigenvalue weighted by Crippen LogP contribution is -2.40. The van der Waals surface area contributed by atoms with Crippen molar-refractivity contribution in [3.63, 3.8) is 0 Å². The number of pyridine rings is 1. The van der Waals surface area contributed by atoms with E-state index in [1.54, 1.807) is 0 Å². The van der Waals surface area contributed by atoms with Gasteiger partial charge in [0.05, 0.1) is 12.2 Å². The van der Waals surface area contributed by atoms with Crippen molar-refractivity contribution < 1.29 is 0 Å². The van der Waals surface area contributed by atoms with Gasteiger partial charge in [-0.15, -0.1) is 0 Å². The van der Waals surface area contributed by atoms with Crippen LogP contribution in [0.4, 0.5) is 0 Å². The topological polar surface area (TPSA) is 40.5 Å². The highest BCUT2D eigenvalue weighted by molar-refractivity contribution is 5.80. The second-order valence-corrected chi connectivity index (χ2v) is 6.28. The summed E-state index contributed by atoms with van der Waals surface area (Å²) in [4.78, 5) is 11.7. The zero-order valence-corrected chi connectivity index (χ0v) is 14.6. The standard InChI is InChI=1S/C20H26N4/c1-3-21-20(22-14-19-11-7-8-16(2)23-19)24-13-12-18(15-24)17-9-5-4-6-10-17/h4-11,18H,3,12-15H2,1-2H3,(H,21,22). The molecule has 126 valence electrons. The van der Waals surface area contributed by atoms with Crippen molar-refractivity contribution in [2.45, 2.75) is 32.7 Å². The van der Waals surface area contributed by atoms with Gasteiger partial charge in [-0.05, 0) is 38.0 Å². The van der Waals surface area contributed by atoms with E-state index < -0.39 is 0 Å². The lowest BCUT2D eigenvalue weighted by molar-refractivity contribution is 0.486. The van der Waals surface area contributed by atoms with Crippen LogP contribution in [0.25, 0.3) is 0 Å². The fraction of sp³-hybridized carbons (Fsp3) is 0.400. The molecule has 1 aliphatic heterocycles. The van der Waals surface area contributed by atoms with Crippen molar-refractivity contribution in [1.82, 2.24) is 15.2 Å². The Morgan fingerprint density at radius 2 is 2.04 bits per heavy atom. The highest BCUT2D eigenvalue weighted by Crippen LogP contribution is 2.26. The van der Waals surface area contributed by atoms with Crippen molar-refractivity contribution in [3.05, 3.63) is 65.5 Å². The van der Waals surface area contributed by atoms with Gasteiger partial charge in [-0.1, -0.05) is 36.4 Å². The number of hydrogen-bond acceptors (Lipinski definition) is 2. The molecule has 1 fully saturated rings. The van der Waals surface area contributed by atoms with Crippen LogP contribution in [-0.4, -0.2) is 35.5 Å². The van der Waals surface area contributed by atoms with Gasteiger partial charge < -0.3 is 10.2 Å². The quantitative estimate of drug-likeness (QED) is 0.693. The van der Waals surface area contributed by atoms with Crippen molar-refractivity contribution in [1.29, 1.82) is 0 Å². The van der Waals surface area contributed by atoms with Crippen LogP contribution in [0.5, 0.6) is 0 Å². The van der Waals surface area contributed by atoms with Gasteiger partial charge in [-0.3, -0.25) is 4.98 Å². The summed E-state index contributed by atoms with van der Waals surface area (Å²) < 4.78 is 0. The Labute approximate surface area is 144 Å². The summed E-state index contributed by atoms with van der Waals surface area (Å²) in [5, 5.41) is 3.43. The van der Waals surface area contributed by atoms with E-state index in [0.29, 0.717) is 12.5 Å². The first-order chi connectivity index (χ1) is 11.8. The molecule has 24 heavy (non-hydrogen) atoms. The number of nitrogens with one attached hydrogen (secondary N) is 1. The first-order valence-electron chi connectivity index (χ1n) is 8.77. The predicted octanol–water partition coefficient (Wildman–Crippen LogP) is 3.35. The molecule has 0 aliphatic carbocycles. The van der Waals surface area contributed by atoms with Crippen LogP contribution >= 0.6 is 0 Å². The molecule has 2 aromatic rings. The minimum Gasteiger partial charge on any atom is -0.357 e. The molecule has 4 nitrogen and oxygen atoms in total. The molecule has 3 rings (SSSR count). The maximum atomic E-state index is 4.80. The maximum Gasteiger partial charge on any atom is 0.194 e. The predicted molar refractivity (Wildman–Crippen MR) is 99.2 cm³/mol. The van der Waals surface area contributed by atoms with Crippen LogP contribution in [-0.2, 0) is 6.54 Å². The van der Waals surface area contributed by atoms with Crippen molar-refractivity contribution in [2.75, 3.05) is 19.6 Å². The van der Waals surface area contributed by atoms with Crippen molar-refractivity contribution >= 4 is 5.96 Å². The zero-order chi connectivity index (χ0) is 16.8. The second kappa shape index (κ2) is 7.95. The third kappa shape index (κ3) is 4.13. The summed E-state index contributed by atoms with van der Waals surface area (Å²) in [5.41, 5.74) is 3.48. The molecule has 0 bridgehead atoms. The molecule has 0 radical (unpaired) electrons. The van der Waals surface area contributed by atoms with Crippen LogP contribution in [0.3, 0.4) is 0 Å². The van der Waals surface area contributed by atoms with Gasteiger partial charge in [0, 0.05) is 31.2 Å². The van der Waals surface area contributed by atoms with Crippen LogP contribution in [0.2, 0.25) is 0 Å². The molecule has 0 amide bonds. The Balaban J connectivity index is 1.68. The van der Waals surface area contributed by atoms with E-state index in [9.17, 15) is 0 Å². The molecular weight excluding hydrogens is 296 g/mol. The largest absolute Gasteiger partial charge is 0.357 e. The maximum absolute atomic E-state index is 4.80. The third-order valence-electron chi connectivity index (χ3n) is 4.43. The van der Waals surface area contributed by atoms with E-state index in [1.807, 2.05) is 25.1 Å². The lowest BCUT2D eigenvalue weighted by atomic mass is 9.99. The zero-order valence-electron chi connectivity index (χ0n) is 14.6. The summed E-state index contributed by atoms with van der Waals surface area (Å²) in [7, 11) is 0. The number of aryl methyl sites for hydroxylation is 1. The first kappa shape index (κ1) is 16.5. The molecule has 1 unspecified atom stereocenters. The van der Waals surface area contributed by atoms with Gasteiger partial charge in [-0.25, -0.2) is 4.99 Å². The van der Waals surface area contributed by atoms with E-state index in [1.165, 1.54) is 12.0 Å². The highest BCUT2D eigenvalue weighted by Gasteiger charge is 2.25. The summed E-state index contributed by atoms with van der Waals surface area (Å²) in [6.45, 7) is 7.71. The number of aliphatic imine (C=N–C) groups is 1. The molecule has 4 heteroatoms. The number of hydrogen-bond donors (Lipinski definition) is 1. The van der Waals surface area contributed by atoms with Crippen LogP contribution < -0.4 is 5.32 Å². The number of rotatable bonds is 4. The summed E-state index contributed by atoms with van der Waals surface area (Å²) in [6, 6.07) is 16.9. The van der Waals surface area contributed by atoms with Gasteiger partial charge in [-0.2, -0.15) is 0 Å². The summed E-state index contributed by atoms with van der Waals surface area (Å²) >= 11 is 0. The Morgan fingerprint density at radius 3 is 2.79 bits per heavy atom. The van der Waals surface area contributed by atoms with Crippen LogP contribution in [0, 0.1) is 6.92 Å². The smallest absolute Gasteiger partial charge is 0.194 e.